The zero-order chi connectivity index (χ0) is 8.55. The van der Waals surface area contributed by atoms with Crippen LogP contribution in [0.1, 0.15) is 0 Å². The lowest BCUT2D eigenvalue weighted by molar-refractivity contribution is -0.132. The Morgan fingerprint density at radius 2 is 2.33 bits per heavy atom. The van der Waals surface area contributed by atoms with Crippen LogP contribution < -0.4 is 10.1 Å². The van der Waals surface area contributed by atoms with E-state index in [1.165, 1.54) is 0 Å². The lowest BCUT2D eigenvalue weighted by Crippen LogP contribution is -2.24. The second kappa shape index (κ2) is 2.68. The Kier molecular flexibility index (Phi) is 1.66. The molecule has 1 N–H and O–H groups in total. The van der Waals surface area contributed by atoms with Gasteiger partial charge in [0.15, 0.2) is 5.75 Å². The molecule has 12 heavy (non-hydrogen) atoms. The fourth-order valence-corrected chi connectivity index (χ4v) is 1.23. The monoisotopic (exact) mass is 183 g/mol. The van der Waals surface area contributed by atoms with Gasteiger partial charge in [-0.25, -0.2) is 4.79 Å². The number of rotatable bonds is 0. The van der Waals surface area contributed by atoms with Gasteiger partial charge in [-0.2, -0.15) is 0 Å². The second-order valence-corrected chi connectivity index (χ2v) is 2.90. The summed E-state index contributed by atoms with van der Waals surface area (Å²) in [5, 5.41) is 3.52. The molecule has 0 unspecified atom stereocenters. The first-order valence-corrected chi connectivity index (χ1v) is 3.87. The smallest absolute Gasteiger partial charge is 0.330 e. The van der Waals surface area contributed by atoms with E-state index in [9.17, 15) is 4.79 Å². The molecular weight excluding hydrogens is 178 g/mol. The Morgan fingerprint density at radius 1 is 1.50 bits per heavy atom. The molecule has 0 aliphatic carbocycles. The quantitative estimate of drug-likeness (QED) is 0.491. The average molecular weight is 184 g/mol. The van der Waals surface area contributed by atoms with Crippen molar-refractivity contribution in [2.45, 2.75) is 0 Å². The molecule has 1 aliphatic rings. The van der Waals surface area contributed by atoms with E-state index in [1.54, 1.807) is 18.2 Å². The Hall–Kier alpha value is -1.22. The van der Waals surface area contributed by atoms with Gasteiger partial charge in [0.2, 0.25) is 0 Å². The van der Waals surface area contributed by atoms with Crippen molar-refractivity contribution in [1.29, 1.82) is 0 Å². The van der Waals surface area contributed by atoms with Crippen LogP contribution in [0, 0.1) is 0 Å². The summed E-state index contributed by atoms with van der Waals surface area (Å²) in [6.45, 7) is 0.202. The molecule has 0 amide bonds. The molecule has 0 spiro atoms. The summed E-state index contributed by atoms with van der Waals surface area (Å²) >= 11 is 5.73. The van der Waals surface area contributed by atoms with Crippen molar-refractivity contribution in [1.82, 2.24) is 0 Å². The molecule has 3 nitrogen and oxygen atoms in total. The van der Waals surface area contributed by atoms with Gasteiger partial charge in [-0.3, -0.25) is 0 Å². The molecule has 2 rings (SSSR count). The first-order valence-electron chi connectivity index (χ1n) is 3.50. The van der Waals surface area contributed by atoms with Crippen LogP contribution in [0.5, 0.6) is 5.75 Å². The summed E-state index contributed by atoms with van der Waals surface area (Å²) in [7, 11) is 0. The second-order valence-electron chi connectivity index (χ2n) is 2.47. The number of hydrogen-bond acceptors (Lipinski definition) is 3. The molecule has 62 valence electrons. The molecule has 0 radical (unpaired) electrons. The van der Waals surface area contributed by atoms with E-state index in [1.807, 2.05) is 0 Å². The Morgan fingerprint density at radius 3 is 3.17 bits per heavy atom. The van der Waals surface area contributed by atoms with E-state index >= 15 is 0 Å². The van der Waals surface area contributed by atoms with Crippen molar-refractivity contribution < 1.29 is 9.53 Å². The summed E-state index contributed by atoms with van der Waals surface area (Å²) in [5.41, 5.74) is 0.766. The van der Waals surface area contributed by atoms with Crippen molar-refractivity contribution >= 4 is 23.3 Å². The third-order valence-corrected chi connectivity index (χ3v) is 1.82. The van der Waals surface area contributed by atoms with Gasteiger partial charge >= 0.3 is 5.97 Å². The fourth-order valence-electron chi connectivity index (χ4n) is 1.06. The third-order valence-electron chi connectivity index (χ3n) is 1.59. The van der Waals surface area contributed by atoms with E-state index in [2.05, 4.69) is 5.32 Å². The number of nitrogens with one attached hydrogen (secondary N) is 1. The minimum atomic E-state index is -0.273. The van der Waals surface area contributed by atoms with E-state index in [4.69, 9.17) is 16.3 Å². The number of carbonyl (C=O) groups is 1. The predicted octanol–water partition coefficient (Wildman–Crippen LogP) is 1.67. The standard InChI is InChI=1S/C8H6ClNO2/c9-5-1-2-7-6(3-5)10-4-8(11)12-7/h1-3,10H,4H2. The van der Waals surface area contributed by atoms with Crippen LogP contribution in [0.25, 0.3) is 0 Å². The van der Waals surface area contributed by atoms with E-state index in [0.29, 0.717) is 10.8 Å². The lowest BCUT2D eigenvalue weighted by atomic mass is 10.2. The summed E-state index contributed by atoms with van der Waals surface area (Å²) in [6.07, 6.45) is 0. The molecule has 0 aromatic heterocycles. The Balaban J connectivity index is 2.43. The zero-order valence-corrected chi connectivity index (χ0v) is 6.89. The van der Waals surface area contributed by atoms with Crippen LogP contribution in [0.15, 0.2) is 18.2 Å². The number of carbonyl (C=O) groups excluding carboxylic acids is 1. The SMILES string of the molecule is O=C1CNc2cc(Cl)ccc2O1. The van der Waals surface area contributed by atoms with Crippen LogP contribution in [0.4, 0.5) is 5.69 Å². The minimum absolute atomic E-state index is 0.202. The van der Waals surface area contributed by atoms with Crippen molar-refractivity contribution in [3.63, 3.8) is 0 Å². The number of halogens is 1. The summed E-state index contributed by atoms with van der Waals surface area (Å²) in [6, 6.07) is 5.08. The van der Waals surface area contributed by atoms with Crippen molar-refractivity contribution in [3.8, 4) is 5.75 Å². The molecule has 1 aromatic rings. The lowest BCUT2D eigenvalue weighted by Gasteiger charge is -2.16. The number of fused-ring (bicyclic) bond motifs is 1. The third kappa shape index (κ3) is 1.23. The van der Waals surface area contributed by atoms with Gasteiger partial charge in [0, 0.05) is 5.02 Å². The maximum Gasteiger partial charge on any atom is 0.330 e. The first kappa shape index (κ1) is 7.43. The van der Waals surface area contributed by atoms with Crippen LogP contribution in [0.3, 0.4) is 0 Å². The normalized spacial score (nSPS) is 14.6. The van der Waals surface area contributed by atoms with Gasteiger partial charge in [0.05, 0.1) is 5.69 Å². The Bertz CT molecular complexity index is 338. The van der Waals surface area contributed by atoms with Gasteiger partial charge in [-0.1, -0.05) is 11.6 Å². The van der Waals surface area contributed by atoms with E-state index in [0.717, 1.165) is 5.69 Å². The topological polar surface area (TPSA) is 38.3 Å². The molecule has 0 bridgehead atoms. The predicted molar refractivity (Wildman–Crippen MR) is 45.6 cm³/mol. The molecule has 0 saturated heterocycles. The first-order chi connectivity index (χ1) is 5.75. The van der Waals surface area contributed by atoms with Gasteiger partial charge < -0.3 is 10.1 Å². The molecule has 1 heterocycles. The summed E-state index contributed by atoms with van der Waals surface area (Å²) in [4.78, 5) is 10.8. The maximum absolute atomic E-state index is 10.8. The number of anilines is 1. The molecular formula is C8H6ClNO2. The summed E-state index contributed by atoms with van der Waals surface area (Å²) < 4.78 is 4.93. The largest absolute Gasteiger partial charge is 0.423 e. The molecule has 0 saturated carbocycles. The summed E-state index contributed by atoms with van der Waals surface area (Å²) in [5.74, 6) is 0.264. The molecule has 0 atom stereocenters. The van der Waals surface area contributed by atoms with Crippen LogP contribution in [-0.2, 0) is 4.79 Å². The highest BCUT2D eigenvalue weighted by Gasteiger charge is 2.15. The van der Waals surface area contributed by atoms with Crippen LogP contribution in [-0.4, -0.2) is 12.5 Å². The van der Waals surface area contributed by atoms with Gasteiger partial charge in [-0.15, -0.1) is 0 Å². The fraction of sp³-hybridized carbons (Fsp3) is 0.125. The van der Waals surface area contributed by atoms with Gasteiger partial charge in [-0.05, 0) is 18.2 Å². The highest BCUT2D eigenvalue weighted by atomic mass is 35.5. The highest BCUT2D eigenvalue weighted by molar-refractivity contribution is 6.31. The molecule has 1 aliphatic heterocycles. The highest BCUT2D eigenvalue weighted by Crippen LogP contribution is 2.29. The number of hydrogen-bond donors (Lipinski definition) is 1. The molecule has 0 fully saturated rings. The van der Waals surface area contributed by atoms with E-state index < -0.39 is 0 Å². The van der Waals surface area contributed by atoms with Crippen molar-refractivity contribution in [2.24, 2.45) is 0 Å². The number of esters is 1. The van der Waals surface area contributed by atoms with Gasteiger partial charge in [0.1, 0.15) is 6.54 Å². The maximum atomic E-state index is 10.8. The van der Waals surface area contributed by atoms with Crippen LogP contribution in [0.2, 0.25) is 5.02 Å². The van der Waals surface area contributed by atoms with E-state index in [-0.39, 0.29) is 12.5 Å². The van der Waals surface area contributed by atoms with Crippen LogP contribution >= 0.6 is 11.6 Å². The number of benzene rings is 1. The van der Waals surface area contributed by atoms with Gasteiger partial charge in [0.25, 0.3) is 0 Å². The Labute approximate surface area is 74.3 Å². The molecule has 1 aromatic carbocycles. The number of ether oxygens (including phenoxy) is 1. The zero-order valence-electron chi connectivity index (χ0n) is 6.13. The van der Waals surface area contributed by atoms with Crippen molar-refractivity contribution in [3.05, 3.63) is 23.2 Å². The van der Waals surface area contributed by atoms with Crippen molar-refractivity contribution in [2.75, 3.05) is 11.9 Å². The molecule has 4 heteroatoms. The minimum Gasteiger partial charge on any atom is -0.423 e. The average Bonchev–Trinajstić information content (AvgIpc) is 2.05.